The lowest BCUT2D eigenvalue weighted by Crippen LogP contribution is -2.32. The standard InChI is InChI=1S/C18H21NO5/c1-22-14-3-2-13(16-17(14)24-11-10-23-16)18(9-6-15(19)21)7-4-12(20)5-8-18/h2-3,6,9H,4-5,7-8,10-11H2,1H3,(H2,19,21)/b9-6+. The second-order valence-electron chi connectivity index (χ2n) is 6.10. The first-order chi connectivity index (χ1) is 11.6. The summed E-state index contributed by atoms with van der Waals surface area (Å²) < 4.78 is 17.0. The Balaban J connectivity index is 2.11. The Morgan fingerprint density at radius 1 is 1.21 bits per heavy atom. The maximum atomic E-state index is 11.7. The molecule has 1 aromatic carbocycles. The largest absolute Gasteiger partial charge is 0.493 e. The van der Waals surface area contributed by atoms with E-state index in [1.807, 2.05) is 18.2 Å². The molecule has 0 bridgehead atoms. The van der Waals surface area contributed by atoms with E-state index < -0.39 is 11.3 Å². The minimum atomic E-state index is -0.508. The van der Waals surface area contributed by atoms with E-state index in [0.717, 1.165) is 5.56 Å². The molecular weight excluding hydrogens is 310 g/mol. The monoisotopic (exact) mass is 331 g/mol. The summed E-state index contributed by atoms with van der Waals surface area (Å²) >= 11 is 0. The number of hydrogen-bond acceptors (Lipinski definition) is 5. The van der Waals surface area contributed by atoms with Crippen molar-refractivity contribution in [3.63, 3.8) is 0 Å². The summed E-state index contributed by atoms with van der Waals surface area (Å²) in [5.41, 5.74) is 5.72. The van der Waals surface area contributed by atoms with E-state index >= 15 is 0 Å². The number of rotatable bonds is 4. The van der Waals surface area contributed by atoms with Gasteiger partial charge >= 0.3 is 0 Å². The van der Waals surface area contributed by atoms with Gasteiger partial charge in [0.1, 0.15) is 19.0 Å². The van der Waals surface area contributed by atoms with E-state index in [-0.39, 0.29) is 5.78 Å². The summed E-state index contributed by atoms with van der Waals surface area (Å²) in [4.78, 5) is 23.0. The number of ether oxygens (including phenoxy) is 3. The number of methoxy groups -OCH3 is 1. The van der Waals surface area contributed by atoms with Crippen molar-refractivity contribution >= 4 is 11.7 Å². The van der Waals surface area contributed by atoms with E-state index in [0.29, 0.717) is 56.1 Å². The fourth-order valence-electron chi connectivity index (χ4n) is 3.41. The van der Waals surface area contributed by atoms with Crippen LogP contribution in [-0.2, 0) is 15.0 Å². The lowest BCUT2D eigenvalue weighted by atomic mass is 9.68. The Kier molecular flexibility index (Phi) is 4.46. The van der Waals surface area contributed by atoms with Crippen LogP contribution in [-0.4, -0.2) is 32.0 Å². The number of benzene rings is 1. The summed E-state index contributed by atoms with van der Waals surface area (Å²) in [5.74, 6) is 1.53. The molecule has 2 N–H and O–H groups in total. The first-order valence-corrected chi connectivity index (χ1v) is 8.03. The number of nitrogens with two attached hydrogens (primary N) is 1. The zero-order valence-electron chi connectivity index (χ0n) is 13.7. The van der Waals surface area contributed by atoms with E-state index in [1.165, 1.54) is 6.08 Å². The molecule has 2 aliphatic rings. The molecule has 24 heavy (non-hydrogen) atoms. The third-order valence-electron chi connectivity index (χ3n) is 4.68. The van der Waals surface area contributed by atoms with Crippen LogP contribution in [0.2, 0.25) is 0 Å². The first-order valence-electron chi connectivity index (χ1n) is 8.03. The molecule has 6 heteroatoms. The molecule has 1 aliphatic carbocycles. The predicted molar refractivity (Wildman–Crippen MR) is 87.5 cm³/mol. The van der Waals surface area contributed by atoms with Crippen molar-refractivity contribution < 1.29 is 23.8 Å². The molecule has 1 heterocycles. The Labute approximate surface area is 140 Å². The molecule has 1 fully saturated rings. The quantitative estimate of drug-likeness (QED) is 0.851. The molecular formula is C18H21NO5. The van der Waals surface area contributed by atoms with Gasteiger partial charge in [-0.15, -0.1) is 0 Å². The minimum absolute atomic E-state index is 0.234. The van der Waals surface area contributed by atoms with Gasteiger partial charge in [-0.1, -0.05) is 12.1 Å². The highest BCUT2D eigenvalue weighted by atomic mass is 16.6. The van der Waals surface area contributed by atoms with E-state index in [9.17, 15) is 9.59 Å². The molecule has 0 radical (unpaired) electrons. The maximum Gasteiger partial charge on any atom is 0.241 e. The van der Waals surface area contributed by atoms with Gasteiger partial charge in [-0.3, -0.25) is 9.59 Å². The number of fused-ring (bicyclic) bond motifs is 1. The Morgan fingerprint density at radius 2 is 1.88 bits per heavy atom. The zero-order valence-corrected chi connectivity index (χ0v) is 13.7. The summed E-state index contributed by atoms with van der Waals surface area (Å²) in [5, 5.41) is 0. The van der Waals surface area contributed by atoms with Gasteiger partial charge in [-0.05, 0) is 25.0 Å². The SMILES string of the molecule is COc1ccc(C2(/C=C/C(N)=O)CCC(=O)CC2)c2c1OCCO2. The first kappa shape index (κ1) is 16.4. The normalized spacial score (nSPS) is 19.3. The van der Waals surface area contributed by atoms with Crippen molar-refractivity contribution in [2.75, 3.05) is 20.3 Å². The second kappa shape index (κ2) is 6.55. The number of amides is 1. The van der Waals surface area contributed by atoms with Gasteiger partial charge in [-0.2, -0.15) is 0 Å². The molecule has 1 saturated carbocycles. The van der Waals surface area contributed by atoms with Gasteiger partial charge in [0.15, 0.2) is 11.5 Å². The maximum absolute atomic E-state index is 11.7. The van der Waals surface area contributed by atoms with Crippen molar-refractivity contribution in [1.82, 2.24) is 0 Å². The summed E-state index contributed by atoms with van der Waals surface area (Å²) in [6.45, 7) is 0.900. The highest BCUT2D eigenvalue weighted by Gasteiger charge is 2.38. The van der Waals surface area contributed by atoms with E-state index in [4.69, 9.17) is 19.9 Å². The number of carbonyl (C=O) groups is 2. The lowest BCUT2D eigenvalue weighted by Gasteiger charge is -2.37. The zero-order chi connectivity index (χ0) is 17.2. The van der Waals surface area contributed by atoms with Crippen molar-refractivity contribution in [2.45, 2.75) is 31.1 Å². The fraction of sp³-hybridized carbons (Fsp3) is 0.444. The summed E-state index contributed by atoms with van der Waals surface area (Å²) in [7, 11) is 1.58. The van der Waals surface area contributed by atoms with Gasteiger partial charge in [0.25, 0.3) is 0 Å². The number of ketones is 1. The van der Waals surface area contributed by atoms with Crippen molar-refractivity contribution in [1.29, 1.82) is 0 Å². The molecule has 0 atom stereocenters. The van der Waals surface area contributed by atoms with E-state index in [1.54, 1.807) is 7.11 Å². The number of primary amides is 1. The molecule has 128 valence electrons. The lowest BCUT2D eigenvalue weighted by molar-refractivity contribution is -0.121. The predicted octanol–water partition coefficient (Wildman–Crippen LogP) is 1.89. The highest BCUT2D eigenvalue weighted by molar-refractivity contribution is 5.86. The van der Waals surface area contributed by atoms with Crippen molar-refractivity contribution in [2.24, 2.45) is 5.73 Å². The fourth-order valence-corrected chi connectivity index (χ4v) is 3.41. The van der Waals surface area contributed by atoms with Crippen LogP contribution in [0.3, 0.4) is 0 Å². The Hall–Kier alpha value is -2.50. The van der Waals surface area contributed by atoms with Crippen LogP contribution >= 0.6 is 0 Å². The molecule has 6 nitrogen and oxygen atoms in total. The average molecular weight is 331 g/mol. The van der Waals surface area contributed by atoms with Gasteiger partial charge in [0.2, 0.25) is 11.7 Å². The van der Waals surface area contributed by atoms with Gasteiger partial charge in [0, 0.05) is 23.8 Å². The summed E-state index contributed by atoms with van der Waals surface area (Å²) in [6.07, 6.45) is 5.32. The van der Waals surface area contributed by atoms with Crippen LogP contribution in [0.15, 0.2) is 24.3 Å². The summed E-state index contributed by atoms with van der Waals surface area (Å²) in [6, 6.07) is 3.76. The molecule has 0 spiro atoms. The topological polar surface area (TPSA) is 87.9 Å². The average Bonchev–Trinajstić information content (AvgIpc) is 2.61. The van der Waals surface area contributed by atoms with Gasteiger partial charge in [0.05, 0.1) is 7.11 Å². The van der Waals surface area contributed by atoms with Crippen LogP contribution in [0.25, 0.3) is 0 Å². The number of allylic oxidation sites excluding steroid dienone is 1. The van der Waals surface area contributed by atoms with Crippen LogP contribution in [0, 0.1) is 0 Å². The molecule has 0 saturated heterocycles. The number of carbonyl (C=O) groups excluding carboxylic acids is 2. The van der Waals surface area contributed by atoms with Crippen molar-refractivity contribution in [3.8, 4) is 17.2 Å². The molecule has 3 rings (SSSR count). The molecule has 0 unspecified atom stereocenters. The van der Waals surface area contributed by atoms with Gasteiger partial charge in [-0.25, -0.2) is 0 Å². The Bertz CT molecular complexity index is 685. The molecule has 1 aromatic rings. The third-order valence-corrected chi connectivity index (χ3v) is 4.68. The van der Waals surface area contributed by atoms with Crippen LogP contribution in [0.5, 0.6) is 17.2 Å². The minimum Gasteiger partial charge on any atom is -0.493 e. The van der Waals surface area contributed by atoms with Crippen LogP contribution in [0.4, 0.5) is 0 Å². The molecule has 1 amide bonds. The molecule has 1 aliphatic heterocycles. The number of hydrogen-bond donors (Lipinski definition) is 1. The number of Topliss-reactive ketones (excluding diaryl/α,β-unsaturated/α-hetero) is 1. The van der Waals surface area contributed by atoms with Crippen LogP contribution in [0.1, 0.15) is 31.2 Å². The van der Waals surface area contributed by atoms with Gasteiger partial charge < -0.3 is 19.9 Å². The van der Waals surface area contributed by atoms with Crippen LogP contribution < -0.4 is 19.9 Å². The molecule has 0 aromatic heterocycles. The van der Waals surface area contributed by atoms with Crippen molar-refractivity contribution in [3.05, 3.63) is 29.8 Å². The highest BCUT2D eigenvalue weighted by Crippen LogP contribution is 2.50. The second-order valence-corrected chi connectivity index (χ2v) is 6.10. The Morgan fingerprint density at radius 3 is 2.50 bits per heavy atom. The van der Waals surface area contributed by atoms with E-state index in [2.05, 4.69) is 0 Å². The smallest absolute Gasteiger partial charge is 0.241 e. The third kappa shape index (κ3) is 2.96.